The topological polar surface area (TPSA) is 34.5 Å². The summed E-state index contributed by atoms with van der Waals surface area (Å²) in [7, 11) is 2.00. The van der Waals surface area contributed by atoms with Crippen molar-refractivity contribution in [2.45, 2.75) is 33.2 Å². The molecule has 1 aliphatic rings. The van der Waals surface area contributed by atoms with Crippen molar-refractivity contribution in [1.29, 1.82) is 0 Å². The quantitative estimate of drug-likeness (QED) is 0.813. The summed E-state index contributed by atoms with van der Waals surface area (Å²) < 4.78 is 7.31. The SMILES string of the molecule is CCOC(=O)c1c(C)n(C)c2ccc(CN3CCCC3)cc12. The van der Waals surface area contributed by atoms with Crippen LogP contribution < -0.4 is 0 Å². The molecular weight excluding hydrogens is 276 g/mol. The van der Waals surface area contributed by atoms with Gasteiger partial charge in [-0.25, -0.2) is 4.79 Å². The number of ether oxygens (including phenoxy) is 1. The second kappa shape index (κ2) is 6.13. The molecule has 0 bridgehead atoms. The highest BCUT2D eigenvalue weighted by Crippen LogP contribution is 2.27. The van der Waals surface area contributed by atoms with E-state index in [-0.39, 0.29) is 5.97 Å². The smallest absolute Gasteiger partial charge is 0.340 e. The van der Waals surface area contributed by atoms with Crippen LogP contribution in [0.15, 0.2) is 18.2 Å². The molecule has 0 spiro atoms. The largest absolute Gasteiger partial charge is 0.462 e. The molecule has 4 heteroatoms. The lowest BCUT2D eigenvalue weighted by Crippen LogP contribution is -2.18. The van der Waals surface area contributed by atoms with E-state index in [0.29, 0.717) is 12.2 Å². The number of nitrogens with zero attached hydrogens (tertiary/aromatic N) is 2. The van der Waals surface area contributed by atoms with Crippen molar-refractivity contribution in [3.8, 4) is 0 Å². The van der Waals surface area contributed by atoms with Crippen molar-refractivity contribution in [2.24, 2.45) is 7.05 Å². The normalized spacial score (nSPS) is 15.6. The first-order valence-corrected chi connectivity index (χ1v) is 8.09. The van der Waals surface area contributed by atoms with Gasteiger partial charge in [0.15, 0.2) is 0 Å². The first-order chi connectivity index (χ1) is 10.6. The Labute approximate surface area is 131 Å². The molecule has 118 valence electrons. The van der Waals surface area contributed by atoms with Crippen molar-refractivity contribution in [1.82, 2.24) is 9.47 Å². The highest BCUT2D eigenvalue weighted by Gasteiger charge is 2.20. The zero-order valence-electron chi connectivity index (χ0n) is 13.7. The third-order valence-electron chi connectivity index (χ3n) is 4.64. The van der Waals surface area contributed by atoms with Crippen LogP contribution in [0.2, 0.25) is 0 Å². The summed E-state index contributed by atoms with van der Waals surface area (Å²) in [5.41, 5.74) is 4.03. The maximum atomic E-state index is 12.3. The molecule has 0 radical (unpaired) electrons. The van der Waals surface area contributed by atoms with Gasteiger partial charge in [-0.2, -0.15) is 0 Å². The van der Waals surface area contributed by atoms with Crippen molar-refractivity contribution in [3.05, 3.63) is 35.0 Å². The molecule has 0 atom stereocenters. The maximum absolute atomic E-state index is 12.3. The number of likely N-dealkylation sites (tertiary alicyclic amines) is 1. The monoisotopic (exact) mass is 300 g/mol. The lowest BCUT2D eigenvalue weighted by molar-refractivity contribution is 0.0527. The van der Waals surface area contributed by atoms with Gasteiger partial charge in [-0.3, -0.25) is 4.90 Å². The van der Waals surface area contributed by atoms with Gasteiger partial charge in [0, 0.05) is 30.2 Å². The third kappa shape index (κ3) is 2.63. The number of carbonyl (C=O) groups excluding carboxylic acids is 1. The summed E-state index contributed by atoms with van der Waals surface area (Å²) in [6, 6.07) is 6.46. The Morgan fingerprint density at radius 1 is 1.27 bits per heavy atom. The number of hydrogen-bond acceptors (Lipinski definition) is 3. The summed E-state index contributed by atoms with van der Waals surface area (Å²) in [5.74, 6) is -0.219. The molecule has 0 amide bonds. The summed E-state index contributed by atoms with van der Waals surface area (Å²) >= 11 is 0. The number of fused-ring (bicyclic) bond motifs is 1. The Balaban J connectivity index is 2.01. The second-order valence-corrected chi connectivity index (χ2v) is 6.07. The van der Waals surface area contributed by atoms with Crippen molar-refractivity contribution in [2.75, 3.05) is 19.7 Å². The van der Waals surface area contributed by atoms with Crippen LogP contribution in [0, 0.1) is 6.92 Å². The minimum Gasteiger partial charge on any atom is -0.462 e. The number of carbonyl (C=O) groups is 1. The molecule has 1 aromatic heterocycles. The second-order valence-electron chi connectivity index (χ2n) is 6.07. The fourth-order valence-electron chi connectivity index (χ4n) is 3.38. The van der Waals surface area contributed by atoms with Gasteiger partial charge < -0.3 is 9.30 Å². The number of hydrogen-bond donors (Lipinski definition) is 0. The Morgan fingerprint density at radius 2 is 2.00 bits per heavy atom. The average molecular weight is 300 g/mol. The first-order valence-electron chi connectivity index (χ1n) is 8.09. The highest BCUT2D eigenvalue weighted by atomic mass is 16.5. The van der Waals surface area contributed by atoms with Gasteiger partial charge in [-0.05, 0) is 57.5 Å². The van der Waals surface area contributed by atoms with Gasteiger partial charge >= 0.3 is 5.97 Å². The van der Waals surface area contributed by atoms with E-state index < -0.39 is 0 Å². The molecule has 2 aromatic rings. The number of benzene rings is 1. The standard InChI is InChI=1S/C18H24N2O2/c1-4-22-18(21)17-13(2)19(3)16-8-7-14(11-15(16)17)12-20-9-5-6-10-20/h7-8,11H,4-6,9-10,12H2,1-3H3. The number of aryl methyl sites for hydroxylation is 1. The van der Waals surface area contributed by atoms with Crippen LogP contribution in [0.25, 0.3) is 10.9 Å². The van der Waals surface area contributed by atoms with Crippen molar-refractivity contribution in [3.63, 3.8) is 0 Å². The Hall–Kier alpha value is -1.81. The molecule has 0 unspecified atom stereocenters. The molecule has 1 aromatic carbocycles. The van der Waals surface area contributed by atoms with Gasteiger partial charge in [0.25, 0.3) is 0 Å². The third-order valence-corrected chi connectivity index (χ3v) is 4.64. The lowest BCUT2D eigenvalue weighted by atomic mass is 10.1. The van der Waals surface area contributed by atoms with Gasteiger partial charge in [0.2, 0.25) is 0 Å². The van der Waals surface area contributed by atoms with Crippen LogP contribution in [0.1, 0.15) is 41.4 Å². The van der Waals surface area contributed by atoms with E-state index in [1.165, 1.54) is 31.5 Å². The zero-order chi connectivity index (χ0) is 15.7. The minimum atomic E-state index is -0.219. The summed E-state index contributed by atoms with van der Waals surface area (Å²) in [6.07, 6.45) is 2.58. The molecule has 1 fully saturated rings. The molecule has 0 saturated carbocycles. The molecular formula is C18H24N2O2. The molecule has 0 aliphatic carbocycles. The Kier molecular flexibility index (Phi) is 4.21. The first kappa shape index (κ1) is 15.1. The summed E-state index contributed by atoms with van der Waals surface area (Å²) in [6.45, 7) is 7.55. The van der Waals surface area contributed by atoms with E-state index in [1.807, 2.05) is 20.9 Å². The van der Waals surface area contributed by atoms with E-state index in [9.17, 15) is 4.79 Å². The Bertz CT molecular complexity index is 697. The summed E-state index contributed by atoms with van der Waals surface area (Å²) in [4.78, 5) is 14.8. The van der Waals surface area contributed by atoms with Crippen LogP contribution >= 0.6 is 0 Å². The molecule has 1 aliphatic heterocycles. The predicted molar refractivity (Wildman–Crippen MR) is 88.1 cm³/mol. The predicted octanol–water partition coefficient (Wildman–Crippen LogP) is 3.26. The van der Waals surface area contributed by atoms with Crippen LogP contribution in [0.3, 0.4) is 0 Å². The average Bonchev–Trinajstić information content (AvgIpc) is 3.07. The molecule has 4 nitrogen and oxygen atoms in total. The van der Waals surface area contributed by atoms with E-state index >= 15 is 0 Å². The van der Waals surface area contributed by atoms with Gasteiger partial charge in [0.1, 0.15) is 0 Å². The number of rotatable bonds is 4. The molecule has 2 heterocycles. The van der Waals surface area contributed by atoms with Crippen LogP contribution in [0.4, 0.5) is 0 Å². The molecule has 3 rings (SSSR count). The minimum absolute atomic E-state index is 0.219. The van der Waals surface area contributed by atoms with Crippen LogP contribution in [0.5, 0.6) is 0 Å². The fourth-order valence-corrected chi connectivity index (χ4v) is 3.38. The summed E-state index contributed by atoms with van der Waals surface area (Å²) in [5, 5.41) is 1.01. The molecule has 0 N–H and O–H groups in total. The van der Waals surface area contributed by atoms with E-state index in [0.717, 1.165) is 23.1 Å². The van der Waals surface area contributed by atoms with E-state index in [4.69, 9.17) is 4.74 Å². The van der Waals surface area contributed by atoms with Crippen molar-refractivity contribution >= 4 is 16.9 Å². The molecule has 1 saturated heterocycles. The highest BCUT2D eigenvalue weighted by molar-refractivity contribution is 6.06. The van der Waals surface area contributed by atoms with E-state index in [1.54, 1.807) is 0 Å². The van der Waals surface area contributed by atoms with Gasteiger partial charge in [-0.15, -0.1) is 0 Å². The van der Waals surface area contributed by atoms with Gasteiger partial charge in [0.05, 0.1) is 12.2 Å². The van der Waals surface area contributed by atoms with Gasteiger partial charge in [-0.1, -0.05) is 6.07 Å². The van der Waals surface area contributed by atoms with Crippen LogP contribution in [-0.2, 0) is 18.3 Å². The van der Waals surface area contributed by atoms with Crippen LogP contribution in [-0.4, -0.2) is 35.1 Å². The lowest BCUT2D eigenvalue weighted by Gasteiger charge is -2.14. The Morgan fingerprint density at radius 3 is 2.68 bits per heavy atom. The number of aromatic nitrogens is 1. The maximum Gasteiger partial charge on any atom is 0.340 e. The van der Waals surface area contributed by atoms with Crippen molar-refractivity contribution < 1.29 is 9.53 Å². The van der Waals surface area contributed by atoms with E-state index in [2.05, 4.69) is 27.7 Å². The molecule has 22 heavy (non-hydrogen) atoms. The number of esters is 1. The fraction of sp³-hybridized carbons (Fsp3) is 0.500. The zero-order valence-corrected chi connectivity index (χ0v) is 13.7.